The monoisotopic (exact) mass is 781 g/mol. The number of carbonyl (C=O) groups is 3. The van der Waals surface area contributed by atoms with Crippen LogP contribution in [0.3, 0.4) is 0 Å². The van der Waals surface area contributed by atoms with Gasteiger partial charge in [-0.3, -0.25) is 0 Å². The molecule has 0 bridgehead atoms. The van der Waals surface area contributed by atoms with Gasteiger partial charge in [-0.25, -0.2) is 14.4 Å². The van der Waals surface area contributed by atoms with Crippen LogP contribution < -0.4 is 67.3 Å². The Morgan fingerprint density at radius 1 is 0.477 bits per heavy atom. The Balaban J connectivity index is -0.000000169. The van der Waals surface area contributed by atoms with Crippen molar-refractivity contribution in [3.05, 3.63) is 0 Å². The van der Waals surface area contributed by atoms with E-state index in [1.807, 2.05) is 16.0 Å². The molecule has 0 atom stereocenters. The van der Waals surface area contributed by atoms with Crippen LogP contribution >= 0.6 is 0 Å². The molecule has 0 unspecified atom stereocenters. The first-order valence-electron chi connectivity index (χ1n) is 12.8. The molecule has 3 N–H and O–H groups in total. The van der Waals surface area contributed by atoms with Crippen molar-refractivity contribution in [3.63, 3.8) is 0 Å². The molecule has 0 rings (SSSR count). The summed E-state index contributed by atoms with van der Waals surface area (Å²) in [6, 6.07) is 0. The number of carbonyl (C=O) groups excluding carboxylic acids is 3. The Morgan fingerprint density at radius 2 is 0.636 bits per heavy atom. The van der Waals surface area contributed by atoms with Crippen LogP contribution in [0.15, 0.2) is 0 Å². The molecular formula is C21H42B3F9KN3O6Pd. The molecule has 0 aromatic heterocycles. The molecule has 260 valence electrons. The normalized spacial score (nSPS) is 11.9. The molecule has 0 fully saturated rings. The summed E-state index contributed by atoms with van der Waals surface area (Å²) in [5, 5.41) is 6.09. The van der Waals surface area contributed by atoms with Crippen molar-refractivity contribution in [2.24, 2.45) is 0 Å². The number of rotatable bonds is 9. The van der Waals surface area contributed by atoms with E-state index in [-0.39, 0.29) is 71.8 Å². The molecular weight excluding hydrogens is 739 g/mol. The Bertz CT molecular complexity index is 719. The van der Waals surface area contributed by atoms with E-state index < -0.39 is 94.6 Å². The molecule has 0 saturated carbocycles. The SMILES string of the molecule is CC(C)(C)OC(=O)NCC[B-](F)(F)F.CC(C)(C)OC(=O)NCC[B-](F)(F)F.CC(C)(C)OC(=O)NCC[B-](F)(F)F.[K+].[Pd+2]. The van der Waals surface area contributed by atoms with Gasteiger partial charge in [0.1, 0.15) is 16.8 Å². The predicted molar refractivity (Wildman–Crippen MR) is 144 cm³/mol. The summed E-state index contributed by atoms with van der Waals surface area (Å²) in [5.41, 5.74) is -2.06. The average Bonchev–Trinajstić information content (AvgIpc) is 2.61. The van der Waals surface area contributed by atoms with E-state index in [0.717, 1.165) is 0 Å². The van der Waals surface area contributed by atoms with Gasteiger partial charge in [0.25, 0.3) is 0 Å². The number of nitrogens with one attached hydrogen (secondary N) is 3. The van der Waals surface area contributed by atoms with E-state index in [0.29, 0.717) is 0 Å². The molecule has 0 aromatic carbocycles. The summed E-state index contributed by atoms with van der Waals surface area (Å²) >= 11 is 0. The molecule has 23 heteroatoms. The van der Waals surface area contributed by atoms with Gasteiger partial charge in [0.2, 0.25) is 0 Å². The standard InChI is InChI=1S/3C7H14BF3NO2.K.Pd/c3*1-7(2,3)14-6(13)12-5-4-8(9,10)11;;/h3*4-5H2,1-3H3,(H,12,13);;/q3*-1;+1;+2. The number of halogens is 9. The van der Waals surface area contributed by atoms with Crippen molar-refractivity contribution in [3.8, 4) is 0 Å². The second kappa shape index (κ2) is 23.1. The summed E-state index contributed by atoms with van der Waals surface area (Å²) < 4.78 is 120. The molecule has 0 aliphatic rings. The van der Waals surface area contributed by atoms with Crippen LogP contribution in [-0.2, 0) is 34.6 Å². The third kappa shape index (κ3) is 54.2. The van der Waals surface area contributed by atoms with Gasteiger partial charge in [0.15, 0.2) is 0 Å². The van der Waals surface area contributed by atoms with Gasteiger partial charge in [-0.2, -0.15) is 0 Å². The minimum Gasteiger partial charge on any atom is -0.449 e. The largest absolute Gasteiger partial charge is 2.00 e. The van der Waals surface area contributed by atoms with Crippen molar-refractivity contribution in [1.29, 1.82) is 0 Å². The number of amides is 3. The first-order valence-corrected chi connectivity index (χ1v) is 12.8. The molecule has 0 aliphatic heterocycles. The predicted octanol–water partition coefficient (Wildman–Crippen LogP) is 4.08. The topological polar surface area (TPSA) is 115 Å². The Morgan fingerprint density at radius 3 is 0.750 bits per heavy atom. The second-order valence-corrected chi connectivity index (χ2v) is 11.8. The average molecular weight is 782 g/mol. The summed E-state index contributed by atoms with van der Waals surface area (Å²) in [4.78, 5) is 32.6. The molecule has 0 heterocycles. The maximum Gasteiger partial charge on any atom is 2.00 e. The maximum atomic E-state index is 11.7. The van der Waals surface area contributed by atoms with Crippen LogP contribution in [0, 0.1) is 0 Å². The summed E-state index contributed by atoms with van der Waals surface area (Å²) in [5.74, 6) is 0. The zero-order valence-electron chi connectivity index (χ0n) is 26.6. The Labute approximate surface area is 309 Å². The summed E-state index contributed by atoms with van der Waals surface area (Å²) in [6.07, 6.45) is -5.43. The molecule has 9 nitrogen and oxygen atoms in total. The van der Waals surface area contributed by atoms with E-state index in [1.165, 1.54) is 0 Å². The van der Waals surface area contributed by atoms with Crippen LogP contribution in [0.1, 0.15) is 62.3 Å². The minimum atomic E-state index is -4.84. The Kier molecular flexibility index (Phi) is 27.9. The van der Waals surface area contributed by atoms with E-state index in [4.69, 9.17) is 14.2 Å². The van der Waals surface area contributed by atoms with Crippen LogP contribution in [0.4, 0.5) is 53.2 Å². The molecule has 3 amide bonds. The summed E-state index contributed by atoms with van der Waals surface area (Å²) in [7, 11) is 0. The zero-order valence-corrected chi connectivity index (χ0v) is 31.3. The van der Waals surface area contributed by atoms with Gasteiger partial charge in [-0.15, -0.1) is 0 Å². The third-order valence-corrected chi connectivity index (χ3v) is 3.42. The fourth-order valence-electron chi connectivity index (χ4n) is 1.96. The summed E-state index contributed by atoms with van der Waals surface area (Å²) in [6.45, 7) is -1.06. The fourth-order valence-corrected chi connectivity index (χ4v) is 1.96. The van der Waals surface area contributed by atoms with Gasteiger partial charge in [-0.1, -0.05) is 19.0 Å². The first kappa shape index (κ1) is 53.2. The van der Waals surface area contributed by atoms with Crippen molar-refractivity contribution < 1.29 is 139 Å². The smallest absolute Gasteiger partial charge is 0.449 e. The van der Waals surface area contributed by atoms with Crippen molar-refractivity contribution in [2.75, 3.05) is 19.6 Å². The molecule has 0 aliphatic carbocycles. The van der Waals surface area contributed by atoms with E-state index in [2.05, 4.69) is 0 Å². The third-order valence-electron chi connectivity index (χ3n) is 3.42. The van der Waals surface area contributed by atoms with Gasteiger partial charge in [0.05, 0.1) is 0 Å². The second-order valence-electron chi connectivity index (χ2n) is 11.8. The molecule has 0 radical (unpaired) electrons. The first-order chi connectivity index (χ1) is 18.3. The van der Waals surface area contributed by atoms with Crippen LogP contribution in [0.25, 0.3) is 0 Å². The number of ether oxygens (including phenoxy) is 3. The Hall–Kier alpha value is -0.326. The maximum absolute atomic E-state index is 11.7. The van der Waals surface area contributed by atoms with Crippen LogP contribution in [0.2, 0.25) is 19.0 Å². The zero-order chi connectivity index (χ0) is 34.2. The van der Waals surface area contributed by atoms with Gasteiger partial charge < -0.3 is 69.0 Å². The number of hydrogen-bond donors (Lipinski definition) is 3. The molecule has 0 saturated heterocycles. The number of hydrogen-bond acceptors (Lipinski definition) is 6. The van der Waals surface area contributed by atoms with Gasteiger partial charge >= 0.3 is 111 Å². The van der Waals surface area contributed by atoms with Crippen molar-refractivity contribution in [1.82, 2.24) is 16.0 Å². The van der Waals surface area contributed by atoms with Crippen LogP contribution in [0.5, 0.6) is 0 Å². The van der Waals surface area contributed by atoms with E-state index in [9.17, 15) is 53.2 Å². The van der Waals surface area contributed by atoms with Crippen molar-refractivity contribution >= 4 is 39.2 Å². The minimum absolute atomic E-state index is 0. The van der Waals surface area contributed by atoms with Gasteiger partial charge in [0, 0.05) is 0 Å². The van der Waals surface area contributed by atoms with Crippen LogP contribution in [-0.4, -0.2) is 75.6 Å². The van der Waals surface area contributed by atoms with Crippen molar-refractivity contribution in [2.45, 2.75) is 98.1 Å². The molecule has 0 aromatic rings. The van der Waals surface area contributed by atoms with E-state index in [1.54, 1.807) is 62.3 Å². The van der Waals surface area contributed by atoms with E-state index >= 15 is 0 Å². The number of alkyl carbamates (subject to hydrolysis) is 3. The quantitative estimate of drug-likeness (QED) is 0.185. The molecule has 0 spiro atoms. The fraction of sp³-hybridized carbons (Fsp3) is 0.857. The van der Waals surface area contributed by atoms with Gasteiger partial charge in [-0.05, 0) is 81.9 Å². The molecule has 44 heavy (non-hydrogen) atoms.